The van der Waals surface area contributed by atoms with Gasteiger partial charge in [-0.05, 0) is 30.5 Å². The number of para-hydroxylation sites is 2. The van der Waals surface area contributed by atoms with E-state index < -0.39 is 0 Å². The van der Waals surface area contributed by atoms with Gasteiger partial charge in [0, 0.05) is 12.5 Å². The molecule has 0 saturated heterocycles. The van der Waals surface area contributed by atoms with Gasteiger partial charge in [-0.25, -0.2) is 0 Å². The van der Waals surface area contributed by atoms with Crippen LogP contribution in [0.4, 0.5) is 0 Å². The van der Waals surface area contributed by atoms with Gasteiger partial charge in [0.25, 0.3) is 5.56 Å². The van der Waals surface area contributed by atoms with Gasteiger partial charge >= 0.3 is 0 Å². The molecule has 0 N–H and O–H groups in total. The van der Waals surface area contributed by atoms with Crippen LogP contribution in [-0.2, 0) is 6.42 Å². The van der Waals surface area contributed by atoms with E-state index in [-0.39, 0.29) is 11.3 Å². The molecule has 0 unspecified atom stereocenters. The lowest BCUT2D eigenvalue weighted by molar-refractivity contribution is 0.0965. The Morgan fingerprint density at radius 3 is 2.80 bits per heavy atom. The van der Waals surface area contributed by atoms with Crippen molar-refractivity contribution in [1.29, 1.82) is 0 Å². The molecule has 20 heavy (non-hydrogen) atoms. The molecule has 0 amide bonds. The standard InChI is InChI=1S/C15H14N2O3/c1-20-13-8-3-2-6-11(13)17-14(19)9-10-5-4-7-12(18)15(10)16-17/h2-3,6,8-9H,4-5,7H2,1H3. The summed E-state index contributed by atoms with van der Waals surface area (Å²) in [6.07, 6.45) is 2.01. The van der Waals surface area contributed by atoms with Gasteiger partial charge in [0.15, 0.2) is 5.78 Å². The number of benzene rings is 1. The molecule has 2 aromatic rings. The minimum Gasteiger partial charge on any atom is -0.494 e. The maximum absolute atomic E-state index is 12.2. The van der Waals surface area contributed by atoms with Crippen LogP contribution in [-0.4, -0.2) is 22.7 Å². The third-order valence-corrected chi connectivity index (χ3v) is 3.44. The molecule has 0 bridgehead atoms. The van der Waals surface area contributed by atoms with Crippen LogP contribution < -0.4 is 10.3 Å². The summed E-state index contributed by atoms with van der Waals surface area (Å²) in [7, 11) is 1.54. The lowest BCUT2D eigenvalue weighted by Gasteiger charge is -2.16. The van der Waals surface area contributed by atoms with E-state index in [4.69, 9.17) is 4.74 Å². The monoisotopic (exact) mass is 270 g/mol. The number of hydrogen-bond donors (Lipinski definition) is 0. The van der Waals surface area contributed by atoms with Crippen LogP contribution in [0, 0.1) is 0 Å². The molecule has 0 radical (unpaired) electrons. The van der Waals surface area contributed by atoms with Gasteiger partial charge in [0.1, 0.15) is 17.1 Å². The van der Waals surface area contributed by atoms with Crippen LogP contribution in [0.15, 0.2) is 35.1 Å². The molecule has 5 nitrogen and oxygen atoms in total. The Balaban J connectivity index is 2.22. The van der Waals surface area contributed by atoms with Crippen molar-refractivity contribution in [2.75, 3.05) is 7.11 Å². The number of methoxy groups -OCH3 is 1. The van der Waals surface area contributed by atoms with Gasteiger partial charge in [0.2, 0.25) is 0 Å². The molecule has 5 heteroatoms. The average Bonchev–Trinajstić information content (AvgIpc) is 2.47. The predicted octanol–water partition coefficient (Wildman–Crippen LogP) is 1.76. The maximum atomic E-state index is 12.2. The zero-order valence-corrected chi connectivity index (χ0v) is 11.1. The van der Waals surface area contributed by atoms with Crippen LogP contribution >= 0.6 is 0 Å². The fourth-order valence-electron chi connectivity index (χ4n) is 2.45. The molecule has 3 rings (SSSR count). The van der Waals surface area contributed by atoms with Crippen molar-refractivity contribution < 1.29 is 9.53 Å². The first-order valence-corrected chi connectivity index (χ1v) is 6.50. The quantitative estimate of drug-likeness (QED) is 0.834. The molecule has 0 saturated carbocycles. The summed E-state index contributed by atoms with van der Waals surface area (Å²) < 4.78 is 6.48. The maximum Gasteiger partial charge on any atom is 0.271 e. The summed E-state index contributed by atoms with van der Waals surface area (Å²) in [5, 5.41) is 4.25. The first kappa shape index (κ1) is 12.6. The molecule has 1 aliphatic rings. The first-order chi connectivity index (χ1) is 9.70. The van der Waals surface area contributed by atoms with E-state index in [1.165, 1.54) is 17.9 Å². The number of carbonyl (C=O) groups excluding carboxylic acids is 1. The summed E-state index contributed by atoms with van der Waals surface area (Å²) in [5.74, 6) is 0.542. The Morgan fingerprint density at radius 2 is 2.00 bits per heavy atom. The summed E-state index contributed by atoms with van der Waals surface area (Å²) in [4.78, 5) is 24.1. The zero-order chi connectivity index (χ0) is 14.1. The van der Waals surface area contributed by atoms with E-state index in [2.05, 4.69) is 5.10 Å². The number of nitrogens with zero attached hydrogens (tertiary/aromatic N) is 2. The van der Waals surface area contributed by atoms with Crippen molar-refractivity contribution in [3.63, 3.8) is 0 Å². The predicted molar refractivity (Wildman–Crippen MR) is 73.7 cm³/mol. The molecule has 1 aromatic heterocycles. The largest absolute Gasteiger partial charge is 0.494 e. The topological polar surface area (TPSA) is 61.2 Å². The number of carbonyl (C=O) groups is 1. The van der Waals surface area contributed by atoms with Gasteiger partial charge < -0.3 is 4.74 Å². The number of Topliss-reactive ketones (excluding diaryl/α,β-unsaturated/α-hetero) is 1. The normalized spacial score (nSPS) is 13.9. The van der Waals surface area contributed by atoms with Gasteiger partial charge in [-0.1, -0.05) is 12.1 Å². The highest BCUT2D eigenvalue weighted by Crippen LogP contribution is 2.22. The van der Waals surface area contributed by atoms with E-state index in [9.17, 15) is 9.59 Å². The van der Waals surface area contributed by atoms with Crippen molar-refractivity contribution in [3.8, 4) is 11.4 Å². The molecule has 1 heterocycles. The van der Waals surface area contributed by atoms with Crippen LogP contribution in [0.25, 0.3) is 5.69 Å². The molecule has 1 aliphatic carbocycles. The molecule has 0 aliphatic heterocycles. The van der Waals surface area contributed by atoms with E-state index in [1.54, 1.807) is 18.2 Å². The highest BCUT2D eigenvalue weighted by Gasteiger charge is 2.21. The first-order valence-electron chi connectivity index (χ1n) is 6.50. The van der Waals surface area contributed by atoms with Crippen molar-refractivity contribution >= 4 is 5.78 Å². The van der Waals surface area contributed by atoms with Gasteiger partial charge in [-0.2, -0.15) is 9.78 Å². The smallest absolute Gasteiger partial charge is 0.271 e. The van der Waals surface area contributed by atoms with E-state index in [1.807, 2.05) is 6.07 Å². The molecular weight excluding hydrogens is 256 g/mol. The van der Waals surface area contributed by atoms with Gasteiger partial charge in [-0.15, -0.1) is 0 Å². The highest BCUT2D eigenvalue weighted by molar-refractivity contribution is 5.96. The van der Waals surface area contributed by atoms with Crippen LogP contribution in [0.2, 0.25) is 0 Å². The molecular formula is C15H14N2O3. The zero-order valence-electron chi connectivity index (χ0n) is 11.1. The van der Waals surface area contributed by atoms with Crippen LogP contribution in [0.3, 0.4) is 0 Å². The number of ketones is 1. The second kappa shape index (κ2) is 4.92. The van der Waals surface area contributed by atoms with Crippen molar-refractivity contribution in [2.24, 2.45) is 0 Å². The lowest BCUT2D eigenvalue weighted by Crippen LogP contribution is -2.27. The van der Waals surface area contributed by atoms with Crippen LogP contribution in [0.5, 0.6) is 5.75 Å². The molecule has 0 atom stereocenters. The Hall–Kier alpha value is -2.43. The Bertz CT molecular complexity index is 734. The minimum atomic E-state index is -0.247. The van der Waals surface area contributed by atoms with Crippen molar-refractivity contribution in [2.45, 2.75) is 19.3 Å². The number of hydrogen-bond acceptors (Lipinski definition) is 4. The number of rotatable bonds is 2. The van der Waals surface area contributed by atoms with Gasteiger partial charge in [0.05, 0.1) is 7.11 Å². The lowest BCUT2D eigenvalue weighted by atomic mass is 9.96. The Kier molecular flexibility index (Phi) is 3.10. The third kappa shape index (κ3) is 2.01. The van der Waals surface area contributed by atoms with E-state index in [0.717, 1.165) is 18.4 Å². The van der Waals surface area contributed by atoms with E-state index in [0.29, 0.717) is 23.6 Å². The second-order valence-corrected chi connectivity index (χ2v) is 4.72. The van der Waals surface area contributed by atoms with Crippen molar-refractivity contribution in [3.05, 3.63) is 51.9 Å². The number of aromatic nitrogens is 2. The Labute approximate surface area is 115 Å². The molecule has 1 aromatic carbocycles. The van der Waals surface area contributed by atoms with Crippen LogP contribution in [0.1, 0.15) is 28.9 Å². The average molecular weight is 270 g/mol. The van der Waals surface area contributed by atoms with Crippen molar-refractivity contribution in [1.82, 2.24) is 9.78 Å². The Morgan fingerprint density at radius 1 is 1.20 bits per heavy atom. The summed E-state index contributed by atoms with van der Waals surface area (Å²) >= 11 is 0. The third-order valence-electron chi connectivity index (χ3n) is 3.44. The molecule has 102 valence electrons. The summed E-state index contributed by atoms with van der Waals surface area (Å²) in [6.45, 7) is 0. The fourth-order valence-corrected chi connectivity index (χ4v) is 2.45. The number of fused-ring (bicyclic) bond motifs is 1. The second-order valence-electron chi connectivity index (χ2n) is 4.72. The fraction of sp³-hybridized carbons (Fsp3) is 0.267. The number of aryl methyl sites for hydroxylation is 1. The summed E-state index contributed by atoms with van der Waals surface area (Å²) in [5.41, 5.74) is 1.45. The number of ether oxygens (including phenoxy) is 1. The minimum absolute atomic E-state index is 0.00472. The summed E-state index contributed by atoms with van der Waals surface area (Å²) in [6, 6.07) is 8.62. The molecule has 0 spiro atoms. The van der Waals surface area contributed by atoms with Gasteiger partial charge in [-0.3, -0.25) is 9.59 Å². The van der Waals surface area contributed by atoms with E-state index >= 15 is 0 Å². The SMILES string of the molecule is COc1ccccc1-n1nc2c(cc1=O)CCCC2=O. The molecule has 0 fully saturated rings. The highest BCUT2D eigenvalue weighted by atomic mass is 16.5.